The minimum absolute atomic E-state index is 0.155. The Morgan fingerprint density at radius 1 is 1.16 bits per heavy atom. The van der Waals surface area contributed by atoms with Crippen LogP contribution in [-0.4, -0.2) is 38.3 Å². The smallest absolute Gasteiger partial charge is 0.251 e. The Kier molecular flexibility index (Phi) is 6.83. The summed E-state index contributed by atoms with van der Waals surface area (Å²) in [7, 11) is 3.63. The van der Waals surface area contributed by atoms with E-state index in [2.05, 4.69) is 17.1 Å². The Balaban J connectivity index is 1.90. The number of amides is 1. The summed E-state index contributed by atoms with van der Waals surface area (Å²) < 4.78 is 5.09. The number of aliphatic hydroxyl groups is 1. The molecule has 0 aliphatic rings. The van der Waals surface area contributed by atoms with Crippen molar-refractivity contribution in [1.29, 1.82) is 0 Å². The number of carbonyl (C=O) groups is 1. The zero-order valence-electron chi connectivity index (χ0n) is 15.0. The lowest BCUT2D eigenvalue weighted by Gasteiger charge is -2.18. The lowest BCUT2D eigenvalue weighted by atomic mass is 10.1. The average Bonchev–Trinajstić information content (AvgIpc) is 2.66. The molecule has 2 rings (SSSR count). The molecule has 2 aromatic rings. The van der Waals surface area contributed by atoms with Gasteiger partial charge in [0.15, 0.2) is 0 Å². The Hall–Kier alpha value is -2.53. The first-order valence-corrected chi connectivity index (χ1v) is 8.46. The van der Waals surface area contributed by atoms with E-state index in [-0.39, 0.29) is 12.5 Å². The van der Waals surface area contributed by atoms with E-state index in [1.807, 2.05) is 19.2 Å². The number of carbonyl (C=O) groups excluding carboxylic acids is 1. The number of aliphatic hydroxyl groups excluding tert-OH is 1. The molecule has 25 heavy (non-hydrogen) atoms. The number of methoxy groups -OCH3 is 1. The van der Waals surface area contributed by atoms with Crippen molar-refractivity contribution < 1.29 is 14.6 Å². The van der Waals surface area contributed by atoms with Crippen LogP contribution in [0.4, 0.5) is 5.69 Å². The average molecular weight is 342 g/mol. The van der Waals surface area contributed by atoms with Gasteiger partial charge in [0.25, 0.3) is 5.91 Å². The van der Waals surface area contributed by atoms with E-state index in [9.17, 15) is 9.90 Å². The van der Waals surface area contributed by atoms with E-state index in [4.69, 9.17) is 4.74 Å². The topological polar surface area (TPSA) is 61.8 Å². The first-order valence-electron chi connectivity index (χ1n) is 8.46. The first kappa shape index (κ1) is 18.8. The second-order valence-corrected chi connectivity index (χ2v) is 5.97. The molecular formula is C20H26N2O3. The molecule has 0 aliphatic carbocycles. The summed E-state index contributed by atoms with van der Waals surface area (Å²) in [6, 6.07) is 14.6. The Morgan fingerprint density at radius 3 is 2.36 bits per heavy atom. The van der Waals surface area contributed by atoms with E-state index in [1.54, 1.807) is 43.5 Å². The molecule has 1 unspecified atom stereocenters. The van der Waals surface area contributed by atoms with E-state index in [0.717, 1.165) is 30.0 Å². The van der Waals surface area contributed by atoms with Crippen LogP contribution in [0.15, 0.2) is 48.5 Å². The second kappa shape index (κ2) is 9.08. The van der Waals surface area contributed by atoms with Crippen LogP contribution < -0.4 is 15.0 Å². The summed E-state index contributed by atoms with van der Waals surface area (Å²) >= 11 is 0. The fourth-order valence-corrected chi connectivity index (χ4v) is 2.57. The van der Waals surface area contributed by atoms with E-state index in [1.165, 1.54) is 0 Å². The van der Waals surface area contributed by atoms with Gasteiger partial charge in [-0.3, -0.25) is 4.79 Å². The number of rotatable bonds is 8. The number of nitrogens with one attached hydrogen (secondary N) is 1. The van der Waals surface area contributed by atoms with Gasteiger partial charge in [-0.2, -0.15) is 0 Å². The normalized spacial score (nSPS) is 11.7. The van der Waals surface area contributed by atoms with Gasteiger partial charge < -0.3 is 20.1 Å². The molecule has 0 radical (unpaired) electrons. The second-order valence-electron chi connectivity index (χ2n) is 5.97. The SMILES string of the molecule is CCCN(C)c1ccc(C(=O)NCC(O)c2ccc(OC)cc2)cc1. The molecule has 0 saturated carbocycles. The number of nitrogens with zero attached hydrogens (tertiary/aromatic N) is 1. The molecule has 1 atom stereocenters. The highest BCUT2D eigenvalue weighted by atomic mass is 16.5. The van der Waals surface area contributed by atoms with Gasteiger partial charge in [0, 0.05) is 31.4 Å². The van der Waals surface area contributed by atoms with Gasteiger partial charge in [-0.15, -0.1) is 0 Å². The minimum Gasteiger partial charge on any atom is -0.497 e. The molecular weight excluding hydrogens is 316 g/mol. The number of benzene rings is 2. The Morgan fingerprint density at radius 2 is 1.80 bits per heavy atom. The van der Waals surface area contributed by atoms with E-state index in [0.29, 0.717) is 5.56 Å². The zero-order chi connectivity index (χ0) is 18.2. The largest absolute Gasteiger partial charge is 0.497 e. The predicted molar refractivity (Wildman–Crippen MR) is 100 cm³/mol. The van der Waals surface area contributed by atoms with Crippen molar-refractivity contribution in [1.82, 2.24) is 5.32 Å². The predicted octanol–water partition coefficient (Wildman–Crippen LogP) is 3.00. The fourth-order valence-electron chi connectivity index (χ4n) is 2.57. The summed E-state index contributed by atoms with van der Waals surface area (Å²) in [6.07, 6.45) is 0.312. The Bertz CT molecular complexity index is 668. The van der Waals surface area contributed by atoms with Crippen molar-refractivity contribution in [3.8, 4) is 5.75 Å². The highest BCUT2D eigenvalue weighted by Gasteiger charge is 2.11. The highest BCUT2D eigenvalue weighted by molar-refractivity contribution is 5.94. The molecule has 0 spiro atoms. The van der Waals surface area contributed by atoms with Crippen molar-refractivity contribution >= 4 is 11.6 Å². The van der Waals surface area contributed by atoms with Gasteiger partial charge in [-0.25, -0.2) is 0 Å². The van der Waals surface area contributed by atoms with Crippen LogP contribution in [-0.2, 0) is 0 Å². The summed E-state index contributed by atoms with van der Waals surface area (Å²) in [4.78, 5) is 14.4. The lowest BCUT2D eigenvalue weighted by molar-refractivity contribution is 0.0916. The number of anilines is 1. The maximum atomic E-state index is 12.2. The van der Waals surface area contributed by atoms with E-state index < -0.39 is 6.10 Å². The number of hydrogen-bond acceptors (Lipinski definition) is 4. The molecule has 0 aromatic heterocycles. The highest BCUT2D eigenvalue weighted by Crippen LogP contribution is 2.17. The molecule has 2 aromatic carbocycles. The minimum atomic E-state index is -0.759. The van der Waals surface area contributed by atoms with Crippen molar-refractivity contribution in [2.45, 2.75) is 19.4 Å². The summed E-state index contributed by atoms with van der Waals surface area (Å²) in [6.45, 7) is 3.26. The van der Waals surface area contributed by atoms with Crippen LogP contribution in [0.5, 0.6) is 5.75 Å². The van der Waals surface area contributed by atoms with Crippen LogP contribution in [0.1, 0.15) is 35.4 Å². The lowest BCUT2D eigenvalue weighted by Crippen LogP contribution is -2.28. The summed E-state index contributed by atoms with van der Waals surface area (Å²) in [5, 5.41) is 13.0. The Labute approximate surface area is 149 Å². The molecule has 5 heteroatoms. The van der Waals surface area contributed by atoms with Gasteiger partial charge in [0.05, 0.1) is 13.2 Å². The molecule has 5 nitrogen and oxygen atoms in total. The molecule has 134 valence electrons. The van der Waals surface area contributed by atoms with Gasteiger partial charge in [-0.05, 0) is 48.4 Å². The van der Waals surface area contributed by atoms with E-state index >= 15 is 0 Å². The van der Waals surface area contributed by atoms with Gasteiger partial charge in [0.2, 0.25) is 0 Å². The van der Waals surface area contributed by atoms with Crippen LogP contribution in [0.3, 0.4) is 0 Å². The van der Waals surface area contributed by atoms with Crippen molar-refractivity contribution in [2.75, 3.05) is 32.1 Å². The number of ether oxygens (including phenoxy) is 1. The molecule has 1 amide bonds. The van der Waals surface area contributed by atoms with Gasteiger partial charge in [0.1, 0.15) is 5.75 Å². The quantitative estimate of drug-likeness (QED) is 0.774. The van der Waals surface area contributed by atoms with Crippen molar-refractivity contribution in [3.63, 3.8) is 0 Å². The molecule has 0 aliphatic heterocycles. The molecule has 2 N–H and O–H groups in total. The molecule has 0 heterocycles. The standard InChI is InChI=1S/C20H26N2O3/c1-4-13-22(2)17-9-5-16(6-10-17)20(24)21-14-19(23)15-7-11-18(25-3)12-8-15/h5-12,19,23H,4,13-14H2,1-3H3,(H,21,24). The summed E-state index contributed by atoms with van der Waals surface area (Å²) in [5.74, 6) is 0.533. The van der Waals surface area contributed by atoms with Crippen molar-refractivity contribution in [3.05, 3.63) is 59.7 Å². The maximum Gasteiger partial charge on any atom is 0.251 e. The first-order chi connectivity index (χ1) is 12.0. The fraction of sp³-hybridized carbons (Fsp3) is 0.350. The monoisotopic (exact) mass is 342 g/mol. The molecule has 0 saturated heterocycles. The van der Waals surface area contributed by atoms with Crippen LogP contribution in [0.25, 0.3) is 0 Å². The van der Waals surface area contributed by atoms with Crippen LogP contribution >= 0.6 is 0 Å². The third-order valence-corrected chi connectivity index (χ3v) is 4.09. The third kappa shape index (κ3) is 5.22. The van der Waals surface area contributed by atoms with Gasteiger partial charge in [-0.1, -0.05) is 19.1 Å². The van der Waals surface area contributed by atoms with Crippen LogP contribution in [0.2, 0.25) is 0 Å². The maximum absolute atomic E-state index is 12.2. The summed E-state index contributed by atoms with van der Waals surface area (Å²) in [5.41, 5.74) is 2.39. The molecule has 0 bridgehead atoms. The number of hydrogen-bond donors (Lipinski definition) is 2. The third-order valence-electron chi connectivity index (χ3n) is 4.09. The zero-order valence-corrected chi connectivity index (χ0v) is 15.0. The van der Waals surface area contributed by atoms with Gasteiger partial charge >= 0.3 is 0 Å². The molecule has 0 fully saturated rings. The van der Waals surface area contributed by atoms with Crippen LogP contribution in [0, 0.1) is 0 Å². The van der Waals surface area contributed by atoms with Crippen molar-refractivity contribution in [2.24, 2.45) is 0 Å².